The first kappa shape index (κ1) is 21.9. The highest BCUT2D eigenvalue weighted by Gasteiger charge is 2.27. The Labute approximate surface area is 184 Å². The van der Waals surface area contributed by atoms with Gasteiger partial charge < -0.3 is 10.1 Å². The Morgan fingerprint density at radius 3 is 2.40 bits per heavy atom. The Kier molecular flexibility index (Phi) is 7.12. The van der Waals surface area contributed by atoms with Crippen LogP contribution in [0.1, 0.15) is 6.92 Å². The number of rotatable bonds is 8. The second-order valence-corrected chi connectivity index (χ2v) is 9.06. The van der Waals surface area contributed by atoms with Crippen molar-refractivity contribution in [2.75, 3.05) is 22.8 Å². The third-order valence-electron chi connectivity index (χ3n) is 4.18. The summed E-state index contributed by atoms with van der Waals surface area (Å²) >= 11 is 3.36. The van der Waals surface area contributed by atoms with Crippen molar-refractivity contribution < 1.29 is 17.9 Å². The minimum Gasteiger partial charge on any atom is -0.492 e. The first-order valence-electron chi connectivity index (χ1n) is 9.27. The van der Waals surface area contributed by atoms with Crippen molar-refractivity contribution >= 4 is 43.2 Å². The Bertz CT molecular complexity index is 1120. The molecule has 0 bridgehead atoms. The third kappa shape index (κ3) is 5.20. The van der Waals surface area contributed by atoms with Gasteiger partial charge in [-0.05, 0) is 49.4 Å². The van der Waals surface area contributed by atoms with Gasteiger partial charge in [0.25, 0.3) is 10.0 Å². The monoisotopic (exact) mass is 488 g/mol. The Morgan fingerprint density at radius 2 is 1.70 bits per heavy atom. The lowest BCUT2D eigenvalue weighted by molar-refractivity contribution is -0.114. The molecule has 0 unspecified atom stereocenters. The number of nitrogens with one attached hydrogen (secondary N) is 1. The fourth-order valence-electron chi connectivity index (χ4n) is 2.84. The van der Waals surface area contributed by atoms with E-state index in [4.69, 9.17) is 4.74 Å². The minimum atomic E-state index is -3.96. The van der Waals surface area contributed by atoms with Crippen molar-refractivity contribution in [3.8, 4) is 5.75 Å². The zero-order chi connectivity index (χ0) is 21.6. The van der Waals surface area contributed by atoms with Crippen LogP contribution in [0.2, 0.25) is 0 Å². The molecule has 0 saturated heterocycles. The van der Waals surface area contributed by atoms with Crippen LogP contribution in [-0.2, 0) is 14.8 Å². The minimum absolute atomic E-state index is 0.104. The van der Waals surface area contributed by atoms with Crippen molar-refractivity contribution in [3.63, 3.8) is 0 Å². The Balaban J connectivity index is 1.93. The summed E-state index contributed by atoms with van der Waals surface area (Å²) in [7, 11) is -3.96. The fraction of sp³-hybridized carbons (Fsp3) is 0.136. The van der Waals surface area contributed by atoms with Crippen LogP contribution >= 0.6 is 15.9 Å². The second-order valence-electron chi connectivity index (χ2n) is 6.28. The van der Waals surface area contributed by atoms with E-state index >= 15 is 0 Å². The molecule has 0 atom stereocenters. The van der Waals surface area contributed by atoms with Crippen molar-refractivity contribution in [1.29, 1.82) is 0 Å². The number of anilines is 2. The van der Waals surface area contributed by atoms with Crippen molar-refractivity contribution in [2.45, 2.75) is 11.8 Å². The van der Waals surface area contributed by atoms with Gasteiger partial charge in [0, 0.05) is 4.47 Å². The molecule has 6 nitrogen and oxygen atoms in total. The van der Waals surface area contributed by atoms with Gasteiger partial charge in [0.1, 0.15) is 12.3 Å². The molecule has 0 fully saturated rings. The van der Waals surface area contributed by atoms with E-state index in [1.807, 2.05) is 6.92 Å². The van der Waals surface area contributed by atoms with E-state index in [1.54, 1.807) is 66.7 Å². The fourth-order valence-corrected chi connectivity index (χ4v) is 4.66. The summed E-state index contributed by atoms with van der Waals surface area (Å²) in [5, 5.41) is 2.75. The molecule has 3 aromatic carbocycles. The van der Waals surface area contributed by atoms with Gasteiger partial charge in [0.2, 0.25) is 5.91 Å². The molecule has 0 aliphatic carbocycles. The predicted molar refractivity (Wildman–Crippen MR) is 121 cm³/mol. The molecule has 1 N–H and O–H groups in total. The number of amides is 1. The molecule has 0 saturated carbocycles. The predicted octanol–water partition coefficient (Wildman–Crippen LogP) is 4.68. The molecule has 1 amide bonds. The van der Waals surface area contributed by atoms with Gasteiger partial charge in [0.05, 0.1) is 22.9 Å². The molecule has 0 aliphatic rings. The highest BCUT2D eigenvalue weighted by atomic mass is 79.9. The van der Waals surface area contributed by atoms with E-state index in [0.717, 1.165) is 4.31 Å². The number of sulfonamides is 1. The molecule has 0 aromatic heterocycles. The lowest BCUT2D eigenvalue weighted by atomic mass is 10.3. The topological polar surface area (TPSA) is 75.7 Å². The number of carbonyl (C=O) groups excluding carboxylic acids is 1. The summed E-state index contributed by atoms with van der Waals surface area (Å²) in [4.78, 5) is 12.9. The maximum Gasteiger partial charge on any atom is 0.264 e. The zero-order valence-electron chi connectivity index (χ0n) is 16.3. The van der Waals surface area contributed by atoms with Crippen LogP contribution in [0.4, 0.5) is 11.4 Å². The first-order valence-corrected chi connectivity index (χ1v) is 11.5. The summed E-state index contributed by atoms with van der Waals surface area (Å²) in [5.74, 6) is 0.0370. The van der Waals surface area contributed by atoms with Crippen LogP contribution in [0.5, 0.6) is 5.75 Å². The summed E-state index contributed by atoms with van der Waals surface area (Å²) in [6.07, 6.45) is 0. The van der Waals surface area contributed by atoms with Crippen LogP contribution in [-0.4, -0.2) is 27.5 Å². The van der Waals surface area contributed by atoms with Crippen LogP contribution in [0.15, 0.2) is 88.2 Å². The van der Waals surface area contributed by atoms with Gasteiger partial charge in [-0.1, -0.05) is 52.3 Å². The maximum atomic E-state index is 13.3. The summed E-state index contributed by atoms with van der Waals surface area (Å²) in [6, 6.07) is 21.8. The van der Waals surface area contributed by atoms with Crippen LogP contribution in [0, 0.1) is 0 Å². The quantitative estimate of drug-likeness (QED) is 0.499. The zero-order valence-corrected chi connectivity index (χ0v) is 18.7. The number of benzene rings is 3. The molecule has 0 heterocycles. The summed E-state index contributed by atoms with van der Waals surface area (Å²) in [6.45, 7) is 1.90. The highest BCUT2D eigenvalue weighted by molar-refractivity contribution is 9.10. The molecule has 156 valence electrons. The van der Waals surface area contributed by atoms with Crippen molar-refractivity contribution in [2.24, 2.45) is 0 Å². The highest BCUT2D eigenvalue weighted by Crippen LogP contribution is 2.27. The maximum absolute atomic E-state index is 13.3. The van der Waals surface area contributed by atoms with E-state index in [2.05, 4.69) is 21.2 Å². The number of hydrogen-bond acceptors (Lipinski definition) is 4. The third-order valence-corrected chi connectivity index (χ3v) is 6.46. The molecular weight excluding hydrogens is 468 g/mol. The van der Waals surface area contributed by atoms with E-state index in [9.17, 15) is 13.2 Å². The molecule has 0 spiro atoms. The van der Waals surface area contributed by atoms with Gasteiger partial charge >= 0.3 is 0 Å². The van der Waals surface area contributed by atoms with E-state index in [-0.39, 0.29) is 4.90 Å². The smallest absolute Gasteiger partial charge is 0.264 e. The number of para-hydroxylation sites is 2. The molecule has 8 heteroatoms. The average molecular weight is 489 g/mol. The lowest BCUT2D eigenvalue weighted by Crippen LogP contribution is -2.38. The van der Waals surface area contributed by atoms with Crippen LogP contribution < -0.4 is 14.4 Å². The van der Waals surface area contributed by atoms with Crippen molar-refractivity contribution in [3.05, 3.63) is 83.3 Å². The van der Waals surface area contributed by atoms with E-state index in [1.165, 1.54) is 12.1 Å². The lowest BCUT2D eigenvalue weighted by Gasteiger charge is -2.24. The SMILES string of the molecule is CCOc1ccccc1NC(=O)CN(c1cccc(Br)c1)S(=O)(=O)c1ccccc1. The second kappa shape index (κ2) is 9.77. The summed E-state index contributed by atoms with van der Waals surface area (Å²) in [5.41, 5.74) is 0.858. The number of ether oxygens (including phenoxy) is 1. The van der Waals surface area contributed by atoms with E-state index in [0.29, 0.717) is 28.2 Å². The normalized spacial score (nSPS) is 11.0. The number of carbonyl (C=O) groups is 1. The van der Waals surface area contributed by atoms with Gasteiger partial charge in [-0.3, -0.25) is 9.10 Å². The molecule has 30 heavy (non-hydrogen) atoms. The average Bonchev–Trinajstić information content (AvgIpc) is 2.74. The Morgan fingerprint density at radius 1 is 1.00 bits per heavy atom. The summed E-state index contributed by atoms with van der Waals surface area (Å²) < 4.78 is 33.9. The van der Waals surface area contributed by atoms with Gasteiger partial charge in [-0.25, -0.2) is 8.42 Å². The largest absolute Gasteiger partial charge is 0.492 e. The van der Waals surface area contributed by atoms with Crippen LogP contribution in [0.3, 0.4) is 0 Å². The van der Waals surface area contributed by atoms with Crippen LogP contribution in [0.25, 0.3) is 0 Å². The molecular formula is C22H21BrN2O4S. The van der Waals surface area contributed by atoms with Crippen molar-refractivity contribution in [1.82, 2.24) is 0 Å². The molecule has 3 aromatic rings. The first-order chi connectivity index (χ1) is 14.4. The number of hydrogen-bond donors (Lipinski definition) is 1. The van der Waals surface area contributed by atoms with E-state index < -0.39 is 22.5 Å². The van der Waals surface area contributed by atoms with Gasteiger partial charge in [-0.15, -0.1) is 0 Å². The standard InChI is InChI=1S/C22H21BrN2O4S/c1-2-29-21-14-7-6-13-20(21)24-22(26)16-25(18-10-8-9-17(23)15-18)30(27,28)19-11-4-3-5-12-19/h3-15H,2,16H2,1H3,(H,24,26). The molecule has 0 radical (unpaired) electrons. The van der Waals surface area contributed by atoms with Gasteiger partial charge in [0.15, 0.2) is 0 Å². The molecule has 0 aliphatic heterocycles. The van der Waals surface area contributed by atoms with Gasteiger partial charge in [-0.2, -0.15) is 0 Å². The Hall–Kier alpha value is -2.84. The number of nitrogens with zero attached hydrogens (tertiary/aromatic N) is 1. The number of halogens is 1. The molecule has 3 rings (SSSR count).